The third-order valence-corrected chi connectivity index (χ3v) is 7.36. The quantitative estimate of drug-likeness (QED) is 0.460. The van der Waals surface area contributed by atoms with Gasteiger partial charge in [-0.2, -0.15) is 0 Å². The molecule has 2 aromatic carbocycles. The number of nitrogens with one attached hydrogen (secondary N) is 2. The number of fused-ring (bicyclic) bond motifs is 1. The van der Waals surface area contributed by atoms with Gasteiger partial charge >= 0.3 is 0 Å². The second-order valence-electron chi connectivity index (χ2n) is 8.25. The number of carbonyl (C=O) groups is 2. The van der Waals surface area contributed by atoms with E-state index in [0.29, 0.717) is 24.3 Å². The Morgan fingerprint density at radius 3 is 2.41 bits per heavy atom. The lowest BCUT2D eigenvalue weighted by atomic mass is 10.2. The topological polar surface area (TPSA) is 101 Å². The van der Waals surface area contributed by atoms with Crippen molar-refractivity contribution < 1.29 is 18.0 Å². The number of carbonyl (C=O) groups excluding carboxylic acids is 2. The molecule has 0 atom stereocenters. The number of hydrogen-bond acceptors (Lipinski definition) is 4. The van der Waals surface area contributed by atoms with Crippen LogP contribution in [0.15, 0.2) is 53.6 Å². The Morgan fingerprint density at radius 2 is 1.74 bits per heavy atom. The van der Waals surface area contributed by atoms with Crippen LogP contribution < -0.4 is 10.0 Å². The zero-order valence-corrected chi connectivity index (χ0v) is 20.9. The summed E-state index contributed by atoms with van der Waals surface area (Å²) in [7, 11) is -3.69. The molecule has 0 aliphatic heterocycles. The molecular formula is C25H32N4O4S. The van der Waals surface area contributed by atoms with Crippen LogP contribution in [0.25, 0.3) is 10.9 Å². The van der Waals surface area contributed by atoms with Gasteiger partial charge in [0.15, 0.2) is 0 Å². The van der Waals surface area contributed by atoms with E-state index < -0.39 is 10.0 Å². The molecule has 182 valence electrons. The van der Waals surface area contributed by atoms with Crippen molar-refractivity contribution in [1.82, 2.24) is 14.2 Å². The maximum atomic E-state index is 12.5. The summed E-state index contributed by atoms with van der Waals surface area (Å²) in [5.74, 6) is -0.234. The summed E-state index contributed by atoms with van der Waals surface area (Å²) >= 11 is 0. The Hall–Kier alpha value is -3.17. The van der Waals surface area contributed by atoms with Gasteiger partial charge in [0.25, 0.3) is 0 Å². The molecule has 0 radical (unpaired) electrons. The van der Waals surface area contributed by atoms with E-state index in [1.165, 1.54) is 0 Å². The van der Waals surface area contributed by atoms with Crippen molar-refractivity contribution in [1.29, 1.82) is 0 Å². The van der Waals surface area contributed by atoms with Crippen LogP contribution in [0, 0.1) is 13.8 Å². The Morgan fingerprint density at radius 1 is 1.00 bits per heavy atom. The second kappa shape index (κ2) is 10.8. The molecule has 34 heavy (non-hydrogen) atoms. The highest BCUT2D eigenvalue weighted by molar-refractivity contribution is 7.89. The predicted molar refractivity (Wildman–Crippen MR) is 134 cm³/mol. The third kappa shape index (κ3) is 6.03. The van der Waals surface area contributed by atoms with Crippen molar-refractivity contribution >= 4 is 38.4 Å². The molecule has 0 aliphatic carbocycles. The van der Waals surface area contributed by atoms with Gasteiger partial charge in [0.2, 0.25) is 21.8 Å². The maximum absolute atomic E-state index is 12.5. The van der Waals surface area contributed by atoms with Gasteiger partial charge in [-0.3, -0.25) is 9.59 Å². The molecule has 3 rings (SSSR count). The fraction of sp³-hybridized carbons (Fsp3) is 0.360. The summed E-state index contributed by atoms with van der Waals surface area (Å²) in [6.45, 7) is 9.16. The van der Waals surface area contributed by atoms with Crippen LogP contribution in [0.5, 0.6) is 0 Å². The lowest BCUT2D eigenvalue weighted by molar-refractivity contribution is -0.131. The number of likely N-dealkylation sites (N-methyl/N-ethyl adjacent to an activating group) is 1. The lowest BCUT2D eigenvalue weighted by Gasteiger charge is -2.19. The van der Waals surface area contributed by atoms with Gasteiger partial charge < -0.3 is 14.8 Å². The van der Waals surface area contributed by atoms with Crippen LogP contribution in [0.4, 0.5) is 5.69 Å². The van der Waals surface area contributed by atoms with Crippen molar-refractivity contribution in [3.8, 4) is 0 Å². The number of nitrogens with zero attached hydrogens (tertiary/aromatic N) is 2. The Kier molecular flexibility index (Phi) is 8.11. The molecule has 0 fully saturated rings. The summed E-state index contributed by atoms with van der Waals surface area (Å²) < 4.78 is 29.5. The maximum Gasteiger partial charge on any atom is 0.242 e. The molecule has 0 aliphatic rings. The van der Waals surface area contributed by atoms with Crippen molar-refractivity contribution in [3.05, 3.63) is 59.8 Å². The number of rotatable bonds is 10. The zero-order valence-electron chi connectivity index (χ0n) is 20.1. The minimum Gasteiger partial charge on any atom is -0.342 e. The van der Waals surface area contributed by atoms with Gasteiger partial charge in [0, 0.05) is 48.8 Å². The first-order chi connectivity index (χ1) is 16.1. The average molecular weight is 485 g/mol. The summed E-state index contributed by atoms with van der Waals surface area (Å²) in [5.41, 5.74) is 3.16. The molecule has 1 heterocycles. The lowest BCUT2D eigenvalue weighted by Crippen LogP contribution is -2.33. The van der Waals surface area contributed by atoms with Gasteiger partial charge in [0.1, 0.15) is 6.54 Å². The first kappa shape index (κ1) is 25.5. The summed E-state index contributed by atoms with van der Waals surface area (Å²) in [4.78, 5) is 26.8. The smallest absolute Gasteiger partial charge is 0.242 e. The molecule has 8 nitrogen and oxygen atoms in total. The van der Waals surface area contributed by atoms with Crippen LogP contribution in [0.2, 0.25) is 0 Å². The van der Waals surface area contributed by atoms with Crippen molar-refractivity contribution in [2.24, 2.45) is 0 Å². The molecule has 0 spiro atoms. The third-order valence-electron chi connectivity index (χ3n) is 5.74. The fourth-order valence-electron chi connectivity index (χ4n) is 3.94. The number of aromatic nitrogens is 1. The number of hydrogen-bond donors (Lipinski definition) is 2. The van der Waals surface area contributed by atoms with Gasteiger partial charge in [-0.25, -0.2) is 13.1 Å². The molecule has 0 saturated heterocycles. The first-order valence-electron chi connectivity index (χ1n) is 11.4. The largest absolute Gasteiger partial charge is 0.342 e. The van der Waals surface area contributed by atoms with E-state index in [2.05, 4.69) is 10.0 Å². The molecule has 0 bridgehead atoms. The van der Waals surface area contributed by atoms with E-state index in [0.717, 1.165) is 16.5 Å². The Balaban J connectivity index is 1.58. The minimum atomic E-state index is -3.69. The highest BCUT2D eigenvalue weighted by Crippen LogP contribution is 2.21. The first-order valence-corrected chi connectivity index (χ1v) is 12.9. The molecule has 3 aromatic rings. The standard InChI is InChI=1S/C25H32N4O4S/c1-5-28(6-2)25(31)17-29-14-12-20-16-21(8-9-22(20)29)27-24(30)11-13-26-34(32,33)23-10-7-18(3)15-19(23)4/h7-10,12,14-16,26H,5-6,11,13,17H2,1-4H3,(H,27,30). The normalized spacial score (nSPS) is 11.5. The molecule has 9 heteroatoms. The number of amides is 2. The highest BCUT2D eigenvalue weighted by atomic mass is 32.2. The summed E-state index contributed by atoms with van der Waals surface area (Å²) in [5, 5.41) is 3.71. The van der Waals surface area contributed by atoms with Gasteiger partial charge in [0.05, 0.1) is 4.90 Å². The van der Waals surface area contributed by atoms with E-state index in [1.807, 2.05) is 55.8 Å². The van der Waals surface area contributed by atoms with E-state index >= 15 is 0 Å². The zero-order chi connectivity index (χ0) is 24.9. The highest BCUT2D eigenvalue weighted by Gasteiger charge is 2.17. The number of benzene rings is 2. The molecule has 2 N–H and O–H groups in total. The van der Waals surface area contributed by atoms with Gasteiger partial charge in [-0.1, -0.05) is 17.7 Å². The van der Waals surface area contributed by atoms with E-state index in [9.17, 15) is 18.0 Å². The Bertz CT molecular complexity index is 1290. The van der Waals surface area contributed by atoms with Crippen LogP contribution >= 0.6 is 0 Å². The number of sulfonamides is 1. The second-order valence-corrected chi connectivity index (χ2v) is 9.98. The monoisotopic (exact) mass is 484 g/mol. The van der Waals surface area contributed by atoms with Crippen LogP contribution in [0.1, 0.15) is 31.4 Å². The summed E-state index contributed by atoms with van der Waals surface area (Å²) in [6.07, 6.45) is 1.86. The van der Waals surface area contributed by atoms with Crippen molar-refractivity contribution in [2.75, 3.05) is 25.0 Å². The van der Waals surface area contributed by atoms with Crippen LogP contribution in [-0.4, -0.2) is 49.3 Å². The number of anilines is 1. The van der Waals surface area contributed by atoms with Crippen LogP contribution in [-0.2, 0) is 26.2 Å². The SMILES string of the molecule is CCN(CC)C(=O)Cn1ccc2cc(NC(=O)CCNS(=O)(=O)c3ccc(C)cc3C)ccc21. The van der Waals surface area contributed by atoms with Crippen molar-refractivity contribution in [2.45, 2.75) is 45.6 Å². The molecule has 1 aromatic heterocycles. The number of aryl methyl sites for hydroxylation is 2. The van der Waals surface area contributed by atoms with Gasteiger partial charge in [-0.05, 0) is 63.6 Å². The Labute approximate surface area is 201 Å². The molecule has 2 amide bonds. The fourth-order valence-corrected chi connectivity index (χ4v) is 5.20. The van der Waals surface area contributed by atoms with Crippen LogP contribution in [0.3, 0.4) is 0 Å². The van der Waals surface area contributed by atoms with E-state index in [-0.39, 0.29) is 36.2 Å². The van der Waals surface area contributed by atoms with Crippen molar-refractivity contribution in [3.63, 3.8) is 0 Å². The molecular weight excluding hydrogens is 452 g/mol. The summed E-state index contributed by atoms with van der Waals surface area (Å²) in [6, 6.07) is 12.5. The van der Waals surface area contributed by atoms with E-state index in [1.54, 1.807) is 30.0 Å². The molecule has 0 saturated carbocycles. The van der Waals surface area contributed by atoms with Gasteiger partial charge in [-0.15, -0.1) is 0 Å². The minimum absolute atomic E-state index is 0.00155. The predicted octanol–water partition coefficient (Wildman–Crippen LogP) is 3.43. The van der Waals surface area contributed by atoms with E-state index in [4.69, 9.17) is 0 Å². The molecule has 0 unspecified atom stereocenters. The average Bonchev–Trinajstić information content (AvgIpc) is 3.16.